The van der Waals surface area contributed by atoms with Crippen molar-refractivity contribution < 1.29 is 4.79 Å². The third kappa shape index (κ3) is 3.79. The first kappa shape index (κ1) is 16.8. The molecule has 1 aromatic heterocycles. The summed E-state index contributed by atoms with van der Waals surface area (Å²) in [6.45, 7) is 4.41. The third-order valence-electron chi connectivity index (χ3n) is 5.19. The van der Waals surface area contributed by atoms with Gasteiger partial charge in [-0.05, 0) is 30.4 Å². The van der Waals surface area contributed by atoms with Gasteiger partial charge in [-0.2, -0.15) is 0 Å². The van der Waals surface area contributed by atoms with Crippen LogP contribution in [-0.4, -0.2) is 47.0 Å². The van der Waals surface area contributed by atoms with Crippen LogP contribution in [0.1, 0.15) is 30.4 Å². The van der Waals surface area contributed by atoms with Gasteiger partial charge in [-0.3, -0.25) is 4.79 Å². The number of hydrogen-bond acceptors (Lipinski definition) is 5. The molecule has 0 unspecified atom stereocenters. The molecule has 0 bridgehead atoms. The summed E-state index contributed by atoms with van der Waals surface area (Å²) in [7, 11) is 0. The highest BCUT2D eigenvalue weighted by Gasteiger charge is 2.19. The number of likely N-dealkylation sites (tertiary alicyclic amines) is 1. The van der Waals surface area contributed by atoms with Gasteiger partial charge in [0.25, 0.3) is 0 Å². The van der Waals surface area contributed by atoms with Crippen LogP contribution in [0, 0.1) is 0 Å². The topological polar surface area (TPSA) is 61.4 Å². The lowest BCUT2D eigenvalue weighted by atomic mass is 10.00. The molecule has 0 radical (unpaired) electrons. The van der Waals surface area contributed by atoms with E-state index in [1.54, 1.807) is 6.33 Å². The second-order valence-corrected chi connectivity index (χ2v) is 6.97. The summed E-state index contributed by atoms with van der Waals surface area (Å²) in [5, 5.41) is 3.37. The van der Waals surface area contributed by atoms with Gasteiger partial charge in [0.05, 0.1) is 0 Å². The molecule has 0 spiro atoms. The van der Waals surface area contributed by atoms with E-state index in [0.717, 1.165) is 63.6 Å². The summed E-state index contributed by atoms with van der Waals surface area (Å²) in [4.78, 5) is 24.7. The Hall–Kier alpha value is -2.63. The number of nitrogens with zero attached hydrogens (tertiary/aromatic N) is 4. The van der Waals surface area contributed by atoms with Gasteiger partial charge in [0.15, 0.2) is 0 Å². The minimum absolute atomic E-state index is 0.291. The minimum atomic E-state index is 0.291. The van der Waals surface area contributed by atoms with Gasteiger partial charge in [0.2, 0.25) is 5.91 Å². The number of nitrogens with one attached hydrogen (secondary N) is 1. The molecule has 0 saturated carbocycles. The van der Waals surface area contributed by atoms with Gasteiger partial charge in [-0.15, -0.1) is 0 Å². The fourth-order valence-electron chi connectivity index (χ4n) is 3.73. The molecular formula is C20H25N5O. The summed E-state index contributed by atoms with van der Waals surface area (Å²) in [5.74, 6) is 2.10. The zero-order valence-corrected chi connectivity index (χ0v) is 15.0. The van der Waals surface area contributed by atoms with Crippen molar-refractivity contribution in [2.24, 2.45) is 0 Å². The molecule has 1 N–H and O–H groups in total. The number of aromatic nitrogens is 2. The number of anilines is 2. The van der Waals surface area contributed by atoms with E-state index in [4.69, 9.17) is 0 Å². The molecule has 1 fully saturated rings. The predicted molar refractivity (Wildman–Crippen MR) is 102 cm³/mol. The van der Waals surface area contributed by atoms with E-state index in [1.165, 1.54) is 11.1 Å². The number of hydrogen-bond donors (Lipinski definition) is 1. The molecule has 3 heterocycles. The molecule has 6 nitrogen and oxygen atoms in total. The van der Waals surface area contributed by atoms with Gasteiger partial charge in [-0.1, -0.05) is 24.3 Å². The summed E-state index contributed by atoms with van der Waals surface area (Å²) < 4.78 is 0. The van der Waals surface area contributed by atoms with E-state index in [2.05, 4.69) is 44.5 Å². The molecule has 0 atom stereocenters. The molecule has 26 heavy (non-hydrogen) atoms. The van der Waals surface area contributed by atoms with E-state index in [1.807, 2.05) is 11.0 Å². The molecule has 6 heteroatoms. The first-order chi connectivity index (χ1) is 12.8. The van der Waals surface area contributed by atoms with E-state index in [-0.39, 0.29) is 0 Å². The second kappa shape index (κ2) is 7.72. The molecule has 2 aliphatic rings. The molecular weight excluding hydrogens is 326 g/mol. The number of carbonyl (C=O) groups excluding carboxylic acids is 1. The molecule has 1 saturated heterocycles. The standard InChI is InChI=1S/C20H25N5O/c26-20-7-3-10-24(20)11-4-9-21-18-13-19(23-15-22-18)25-12-8-16-5-1-2-6-17(16)14-25/h1-2,5-6,13,15H,3-4,7-12,14H2,(H,21,22,23). The molecule has 2 aliphatic heterocycles. The Labute approximate surface area is 154 Å². The van der Waals surface area contributed by atoms with Gasteiger partial charge in [-0.25, -0.2) is 9.97 Å². The largest absolute Gasteiger partial charge is 0.370 e. The monoisotopic (exact) mass is 351 g/mol. The van der Waals surface area contributed by atoms with Crippen molar-refractivity contribution in [3.63, 3.8) is 0 Å². The van der Waals surface area contributed by atoms with Crippen LogP contribution in [0.5, 0.6) is 0 Å². The molecule has 4 rings (SSSR count). The summed E-state index contributed by atoms with van der Waals surface area (Å²) >= 11 is 0. The second-order valence-electron chi connectivity index (χ2n) is 6.97. The smallest absolute Gasteiger partial charge is 0.222 e. The maximum absolute atomic E-state index is 11.6. The quantitative estimate of drug-likeness (QED) is 0.810. The van der Waals surface area contributed by atoms with Crippen LogP contribution in [0.3, 0.4) is 0 Å². The highest BCUT2D eigenvalue weighted by atomic mass is 16.2. The van der Waals surface area contributed by atoms with Crippen molar-refractivity contribution in [3.05, 3.63) is 47.8 Å². The van der Waals surface area contributed by atoms with Gasteiger partial charge in [0, 0.05) is 45.2 Å². The SMILES string of the molecule is O=C1CCCN1CCCNc1cc(N2CCc3ccccc3C2)ncn1. The fraction of sp³-hybridized carbons (Fsp3) is 0.450. The van der Waals surface area contributed by atoms with Gasteiger partial charge >= 0.3 is 0 Å². The highest BCUT2D eigenvalue weighted by Crippen LogP contribution is 2.23. The lowest BCUT2D eigenvalue weighted by Gasteiger charge is -2.29. The van der Waals surface area contributed by atoms with Crippen LogP contribution in [0.4, 0.5) is 11.6 Å². The fourth-order valence-corrected chi connectivity index (χ4v) is 3.73. The number of benzene rings is 1. The average Bonchev–Trinajstić information content (AvgIpc) is 3.10. The van der Waals surface area contributed by atoms with Crippen molar-refractivity contribution in [2.75, 3.05) is 36.4 Å². The van der Waals surface area contributed by atoms with Crippen LogP contribution >= 0.6 is 0 Å². The Morgan fingerprint density at radius 3 is 2.81 bits per heavy atom. The van der Waals surface area contributed by atoms with E-state index in [0.29, 0.717) is 12.3 Å². The first-order valence-corrected chi connectivity index (χ1v) is 9.45. The van der Waals surface area contributed by atoms with Crippen molar-refractivity contribution in [1.82, 2.24) is 14.9 Å². The lowest BCUT2D eigenvalue weighted by molar-refractivity contribution is -0.127. The van der Waals surface area contributed by atoms with Crippen molar-refractivity contribution >= 4 is 17.5 Å². The Morgan fingerprint density at radius 1 is 1.08 bits per heavy atom. The van der Waals surface area contributed by atoms with E-state index in [9.17, 15) is 4.79 Å². The summed E-state index contributed by atoms with van der Waals surface area (Å²) in [6.07, 6.45) is 5.32. The van der Waals surface area contributed by atoms with Crippen LogP contribution in [0.15, 0.2) is 36.7 Å². The number of amides is 1. The lowest BCUT2D eigenvalue weighted by Crippen LogP contribution is -2.31. The maximum Gasteiger partial charge on any atom is 0.222 e. The first-order valence-electron chi connectivity index (χ1n) is 9.45. The maximum atomic E-state index is 11.6. The highest BCUT2D eigenvalue weighted by molar-refractivity contribution is 5.78. The number of rotatable bonds is 6. The Bertz CT molecular complexity index is 778. The van der Waals surface area contributed by atoms with Crippen LogP contribution in [-0.2, 0) is 17.8 Å². The summed E-state index contributed by atoms with van der Waals surface area (Å²) in [5.41, 5.74) is 2.81. The average molecular weight is 351 g/mol. The van der Waals surface area contributed by atoms with Gasteiger partial charge in [0.1, 0.15) is 18.0 Å². The third-order valence-corrected chi connectivity index (χ3v) is 5.19. The van der Waals surface area contributed by atoms with Crippen LogP contribution in [0.2, 0.25) is 0 Å². The van der Waals surface area contributed by atoms with Crippen molar-refractivity contribution in [1.29, 1.82) is 0 Å². The Kier molecular flexibility index (Phi) is 5.00. The molecule has 0 aliphatic carbocycles. The van der Waals surface area contributed by atoms with Crippen LogP contribution < -0.4 is 10.2 Å². The minimum Gasteiger partial charge on any atom is -0.370 e. The molecule has 136 valence electrons. The number of carbonyl (C=O) groups is 1. The van der Waals surface area contributed by atoms with E-state index < -0.39 is 0 Å². The zero-order chi connectivity index (χ0) is 17.8. The summed E-state index contributed by atoms with van der Waals surface area (Å²) in [6, 6.07) is 10.6. The van der Waals surface area contributed by atoms with Gasteiger partial charge < -0.3 is 15.1 Å². The predicted octanol–water partition coefficient (Wildman–Crippen LogP) is 2.46. The molecule has 1 aromatic carbocycles. The van der Waals surface area contributed by atoms with E-state index >= 15 is 0 Å². The Balaban J connectivity index is 1.31. The molecule has 2 aromatic rings. The molecule has 1 amide bonds. The normalized spacial score (nSPS) is 16.7. The van der Waals surface area contributed by atoms with Crippen molar-refractivity contribution in [2.45, 2.75) is 32.2 Å². The zero-order valence-electron chi connectivity index (χ0n) is 15.0. The Morgan fingerprint density at radius 2 is 1.96 bits per heavy atom. The van der Waals surface area contributed by atoms with Crippen molar-refractivity contribution in [3.8, 4) is 0 Å². The van der Waals surface area contributed by atoms with Crippen LogP contribution in [0.25, 0.3) is 0 Å². The number of fused-ring (bicyclic) bond motifs is 1.